The van der Waals surface area contributed by atoms with E-state index in [1.807, 2.05) is 13.0 Å². The van der Waals surface area contributed by atoms with Crippen LogP contribution in [0, 0.1) is 12.8 Å². The molecule has 0 fully saturated rings. The monoisotopic (exact) mass is 450 g/mol. The van der Waals surface area contributed by atoms with Crippen molar-refractivity contribution in [3.63, 3.8) is 0 Å². The Labute approximate surface area is 186 Å². The van der Waals surface area contributed by atoms with Crippen molar-refractivity contribution in [2.75, 3.05) is 13.7 Å². The molecule has 0 aliphatic heterocycles. The molecule has 10 heteroatoms. The van der Waals surface area contributed by atoms with Gasteiger partial charge >= 0.3 is 11.9 Å². The van der Waals surface area contributed by atoms with Crippen LogP contribution in [0.5, 0.6) is 5.75 Å². The maximum Gasteiger partial charge on any atom is 0.305 e. The first-order valence-corrected chi connectivity index (χ1v) is 10.1. The van der Waals surface area contributed by atoms with Crippen LogP contribution in [-0.2, 0) is 35.1 Å². The second-order valence-corrected chi connectivity index (χ2v) is 7.69. The fraction of sp³-hybridized carbons (Fsp3) is 0.500. The zero-order valence-corrected chi connectivity index (χ0v) is 18.9. The van der Waals surface area contributed by atoms with Crippen LogP contribution < -0.4 is 15.4 Å². The third kappa shape index (κ3) is 8.75. The molecule has 0 saturated carbocycles. The molecule has 2 atom stereocenters. The van der Waals surface area contributed by atoms with E-state index in [1.54, 1.807) is 26.0 Å². The summed E-state index contributed by atoms with van der Waals surface area (Å²) >= 11 is 0. The van der Waals surface area contributed by atoms with Gasteiger partial charge in [-0.2, -0.15) is 0 Å². The fourth-order valence-electron chi connectivity index (χ4n) is 2.93. The van der Waals surface area contributed by atoms with Crippen LogP contribution in [0.3, 0.4) is 0 Å². The zero-order valence-electron chi connectivity index (χ0n) is 18.9. The van der Waals surface area contributed by atoms with Gasteiger partial charge in [0.2, 0.25) is 11.8 Å². The topological polar surface area (TPSA) is 148 Å². The summed E-state index contributed by atoms with van der Waals surface area (Å²) in [4.78, 5) is 59.7. The number of ketones is 1. The van der Waals surface area contributed by atoms with Gasteiger partial charge in [-0.3, -0.25) is 24.0 Å². The van der Waals surface area contributed by atoms with Gasteiger partial charge in [0.05, 0.1) is 20.0 Å². The number of aliphatic carboxylic acids is 1. The Bertz CT molecular complexity index is 865. The molecule has 176 valence electrons. The molecule has 32 heavy (non-hydrogen) atoms. The molecule has 0 aromatic heterocycles. The summed E-state index contributed by atoms with van der Waals surface area (Å²) < 4.78 is 9.87. The molecule has 1 unspecified atom stereocenters. The van der Waals surface area contributed by atoms with Crippen molar-refractivity contribution in [2.45, 2.75) is 52.6 Å². The molecule has 3 N–H and O–H groups in total. The number of aryl methyl sites for hydroxylation is 1. The van der Waals surface area contributed by atoms with E-state index in [0.29, 0.717) is 11.3 Å². The fourth-order valence-corrected chi connectivity index (χ4v) is 2.93. The van der Waals surface area contributed by atoms with Gasteiger partial charge in [0.15, 0.2) is 12.4 Å². The summed E-state index contributed by atoms with van der Waals surface area (Å²) in [6.07, 6.45) is -0.726. The van der Waals surface area contributed by atoms with Gasteiger partial charge < -0.3 is 25.2 Å². The maximum atomic E-state index is 12.8. The number of hydrogen-bond donors (Lipinski definition) is 3. The second-order valence-electron chi connectivity index (χ2n) is 7.69. The Morgan fingerprint density at radius 1 is 1.09 bits per heavy atom. The number of methoxy groups -OCH3 is 1. The van der Waals surface area contributed by atoms with Gasteiger partial charge in [0.25, 0.3) is 0 Å². The summed E-state index contributed by atoms with van der Waals surface area (Å²) in [5.74, 6) is -3.77. The number of amides is 2. The summed E-state index contributed by atoms with van der Waals surface area (Å²) in [7, 11) is 1.49. The van der Waals surface area contributed by atoms with E-state index in [4.69, 9.17) is 9.84 Å². The number of esters is 1. The summed E-state index contributed by atoms with van der Waals surface area (Å²) in [6.45, 7) is 5.71. The highest BCUT2D eigenvalue weighted by Gasteiger charge is 2.30. The number of carboxylic acids is 1. The van der Waals surface area contributed by atoms with Crippen LogP contribution in [0.1, 0.15) is 38.3 Å². The lowest BCUT2D eigenvalue weighted by Crippen LogP contribution is -2.54. The van der Waals surface area contributed by atoms with Crippen LogP contribution in [0.2, 0.25) is 0 Å². The van der Waals surface area contributed by atoms with E-state index in [9.17, 15) is 24.0 Å². The van der Waals surface area contributed by atoms with Crippen molar-refractivity contribution in [2.24, 2.45) is 5.92 Å². The molecule has 1 aromatic rings. The third-order valence-electron chi connectivity index (χ3n) is 4.55. The molecular formula is C22H30N2O8. The molecular weight excluding hydrogens is 420 g/mol. The normalized spacial score (nSPS) is 12.4. The Kier molecular flexibility index (Phi) is 10.3. The molecule has 1 aromatic carbocycles. The molecule has 2 amide bonds. The number of benzene rings is 1. The highest BCUT2D eigenvalue weighted by molar-refractivity contribution is 5.95. The van der Waals surface area contributed by atoms with E-state index >= 15 is 0 Å². The number of carboxylic acid groups (broad SMARTS) is 1. The number of hydrogen-bond acceptors (Lipinski definition) is 7. The summed E-state index contributed by atoms with van der Waals surface area (Å²) in [5, 5.41) is 14.0. The Morgan fingerprint density at radius 2 is 1.75 bits per heavy atom. The van der Waals surface area contributed by atoms with Gasteiger partial charge in [-0.25, -0.2) is 0 Å². The average molecular weight is 450 g/mol. The highest BCUT2D eigenvalue weighted by Crippen LogP contribution is 2.20. The molecule has 0 saturated heterocycles. The molecule has 0 radical (unpaired) electrons. The summed E-state index contributed by atoms with van der Waals surface area (Å²) in [6, 6.07) is 2.97. The Morgan fingerprint density at radius 3 is 2.28 bits per heavy atom. The van der Waals surface area contributed by atoms with Crippen molar-refractivity contribution in [1.82, 2.24) is 10.6 Å². The third-order valence-corrected chi connectivity index (χ3v) is 4.55. The van der Waals surface area contributed by atoms with Crippen LogP contribution in [0.25, 0.3) is 0 Å². The number of ether oxygens (including phenoxy) is 2. The quantitative estimate of drug-likeness (QED) is 0.396. The number of carbonyl (C=O) groups is 5. The average Bonchev–Trinajstić information content (AvgIpc) is 2.69. The van der Waals surface area contributed by atoms with Crippen molar-refractivity contribution in [3.05, 3.63) is 29.3 Å². The van der Waals surface area contributed by atoms with E-state index in [1.165, 1.54) is 7.11 Å². The van der Waals surface area contributed by atoms with Crippen molar-refractivity contribution in [3.8, 4) is 5.75 Å². The van der Waals surface area contributed by atoms with Crippen LogP contribution in [0.15, 0.2) is 18.2 Å². The molecule has 0 aliphatic carbocycles. The van der Waals surface area contributed by atoms with Crippen LogP contribution in [0.4, 0.5) is 0 Å². The number of rotatable bonds is 12. The molecule has 1 rings (SSSR count). The number of Topliss-reactive ketones (excluding diaryl/α,β-unsaturated/α-hetero) is 1. The molecule has 0 heterocycles. The lowest BCUT2D eigenvalue weighted by atomic mass is 10.0. The van der Waals surface area contributed by atoms with E-state index in [0.717, 1.165) is 12.5 Å². The van der Waals surface area contributed by atoms with Crippen LogP contribution >= 0.6 is 0 Å². The van der Waals surface area contributed by atoms with E-state index in [-0.39, 0.29) is 12.3 Å². The lowest BCUT2D eigenvalue weighted by molar-refractivity contribution is -0.147. The molecule has 0 bridgehead atoms. The first kappa shape index (κ1) is 26.6. The van der Waals surface area contributed by atoms with Crippen LogP contribution in [-0.4, -0.2) is 60.4 Å². The van der Waals surface area contributed by atoms with Crippen molar-refractivity contribution >= 4 is 29.5 Å². The van der Waals surface area contributed by atoms with E-state index < -0.39 is 54.6 Å². The standard InChI is InChI=1S/C22H30N2O8/c1-12(2)21(24-19(27)9-15-8-13(3)6-7-18(15)31-5)22(30)23-16(10-20(28)29)17(26)11-32-14(4)25/h6-8,12,16,21H,9-11H2,1-5H3,(H,23,30)(H,24,27)(H,28,29)/t16?,21-/m0/s1. The predicted molar refractivity (Wildman–Crippen MR) is 114 cm³/mol. The molecule has 10 nitrogen and oxygen atoms in total. The predicted octanol–water partition coefficient (Wildman–Crippen LogP) is 0.779. The maximum absolute atomic E-state index is 12.8. The SMILES string of the molecule is COc1ccc(C)cc1CC(=O)N[C@H](C(=O)NC(CC(=O)O)C(=O)COC(C)=O)C(C)C. The summed E-state index contributed by atoms with van der Waals surface area (Å²) in [5.41, 5.74) is 1.59. The molecule has 0 aliphatic rings. The second kappa shape index (κ2) is 12.4. The number of nitrogens with one attached hydrogen (secondary N) is 2. The Hall–Kier alpha value is -3.43. The lowest BCUT2D eigenvalue weighted by Gasteiger charge is -2.24. The van der Waals surface area contributed by atoms with Gasteiger partial charge in [-0.05, 0) is 18.9 Å². The van der Waals surface area contributed by atoms with Gasteiger partial charge in [-0.1, -0.05) is 31.5 Å². The van der Waals surface area contributed by atoms with Crippen molar-refractivity contribution < 1.29 is 38.6 Å². The first-order chi connectivity index (χ1) is 14.9. The van der Waals surface area contributed by atoms with E-state index in [2.05, 4.69) is 15.4 Å². The van der Waals surface area contributed by atoms with Crippen molar-refractivity contribution in [1.29, 1.82) is 0 Å². The minimum Gasteiger partial charge on any atom is -0.496 e. The minimum atomic E-state index is -1.41. The van der Waals surface area contributed by atoms with Gasteiger partial charge in [-0.15, -0.1) is 0 Å². The zero-order chi connectivity index (χ0) is 24.4. The largest absolute Gasteiger partial charge is 0.496 e. The minimum absolute atomic E-state index is 0.0364. The van der Waals surface area contributed by atoms with Gasteiger partial charge in [0.1, 0.15) is 17.8 Å². The highest BCUT2D eigenvalue weighted by atomic mass is 16.5. The Balaban J connectivity index is 2.92. The molecule has 0 spiro atoms. The first-order valence-electron chi connectivity index (χ1n) is 10.1. The number of carbonyl (C=O) groups excluding carboxylic acids is 4. The smallest absolute Gasteiger partial charge is 0.305 e. The van der Waals surface area contributed by atoms with Gasteiger partial charge in [0, 0.05) is 12.5 Å².